The zero-order valence-electron chi connectivity index (χ0n) is 14.3. The maximum atomic E-state index is 10.5. The Morgan fingerprint density at radius 2 is 2.17 bits per heavy atom. The van der Waals surface area contributed by atoms with Gasteiger partial charge in [0, 0.05) is 33.4 Å². The Hall–Kier alpha value is -1.47. The molecule has 7 nitrogen and oxygen atoms in total. The first kappa shape index (κ1) is 18.9. The molecule has 2 aromatic heterocycles. The van der Waals surface area contributed by atoms with E-state index in [-0.39, 0.29) is 6.73 Å². The third kappa shape index (κ3) is 4.54. The van der Waals surface area contributed by atoms with Crippen LogP contribution in [0.4, 0.5) is 0 Å². The molecule has 0 saturated heterocycles. The van der Waals surface area contributed by atoms with Crippen molar-refractivity contribution < 1.29 is 9.84 Å². The molecule has 130 valence electrons. The summed E-state index contributed by atoms with van der Waals surface area (Å²) in [5, 5.41) is 28.2. The summed E-state index contributed by atoms with van der Waals surface area (Å²) in [5.74, 6) is 0. The molecule has 0 saturated carbocycles. The number of aryl methyl sites for hydroxylation is 1. The largest absolute Gasteiger partial charge is 0.382 e. The van der Waals surface area contributed by atoms with Gasteiger partial charge in [-0.1, -0.05) is 19.6 Å². The van der Waals surface area contributed by atoms with E-state index in [4.69, 9.17) is 4.74 Å². The third-order valence-corrected chi connectivity index (χ3v) is 6.27. The molecule has 0 aliphatic rings. The molecule has 1 N–H and O–H groups in total. The van der Waals surface area contributed by atoms with Crippen LogP contribution in [0.3, 0.4) is 0 Å². The van der Waals surface area contributed by atoms with E-state index in [1.54, 1.807) is 24.0 Å². The van der Waals surface area contributed by atoms with Crippen molar-refractivity contribution in [3.05, 3.63) is 33.8 Å². The molecule has 0 amide bonds. The Morgan fingerprint density at radius 1 is 1.46 bits per heavy atom. The zero-order valence-corrected chi connectivity index (χ0v) is 16.9. The number of nitriles is 1. The first-order chi connectivity index (χ1) is 11.2. The lowest BCUT2D eigenvalue weighted by Gasteiger charge is -2.15. The number of aliphatic hydroxyl groups is 1. The highest BCUT2D eigenvalue weighted by Crippen LogP contribution is 2.27. The van der Waals surface area contributed by atoms with Crippen LogP contribution in [-0.4, -0.2) is 39.3 Å². The normalized spacial score (nSPS) is 13.0. The monoisotopic (exact) mass is 411 g/mol. The van der Waals surface area contributed by atoms with Gasteiger partial charge in [0.05, 0.1) is 11.9 Å². The van der Waals surface area contributed by atoms with Crippen molar-refractivity contribution in [3.8, 4) is 6.07 Å². The Labute approximate surface area is 151 Å². The van der Waals surface area contributed by atoms with Gasteiger partial charge in [-0.25, -0.2) is 4.68 Å². The molecule has 2 heterocycles. The van der Waals surface area contributed by atoms with Crippen molar-refractivity contribution in [3.63, 3.8) is 0 Å². The van der Waals surface area contributed by atoms with Gasteiger partial charge >= 0.3 is 0 Å². The molecule has 2 aromatic rings. The fourth-order valence-corrected chi connectivity index (χ4v) is 3.24. The van der Waals surface area contributed by atoms with Crippen molar-refractivity contribution in [1.82, 2.24) is 19.6 Å². The summed E-state index contributed by atoms with van der Waals surface area (Å²) < 4.78 is 9.41. The van der Waals surface area contributed by atoms with Gasteiger partial charge < -0.3 is 9.84 Å². The summed E-state index contributed by atoms with van der Waals surface area (Å²) in [6.07, 6.45) is 0.619. The lowest BCUT2D eigenvalue weighted by molar-refractivity contribution is 0.0768. The van der Waals surface area contributed by atoms with Crippen LogP contribution >= 0.6 is 15.9 Å². The van der Waals surface area contributed by atoms with Crippen LogP contribution in [-0.2, 0) is 18.5 Å². The first-order valence-electron chi connectivity index (χ1n) is 7.64. The van der Waals surface area contributed by atoms with E-state index in [0.29, 0.717) is 28.2 Å². The molecule has 0 aliphatic carbocycles. The van der Waals surface area contributed by atoms with Crippen molar-refractivity contribution in [2.45, 2.75) is 38.5 Å². The molecule has 1 unspecified atom stereocenters. The minimum atomic E-state index is -1.15. The van der Waals surface area contributed by atoms with Crippen molar-refractivity contribution >= 4 is 24.0 Å². The summed E-state index contributed by atoms with van der Waals surface area (Å²) in [5.41, 5.74) is 1.36. The van der Waals surface area contributed by atoms with Crippen LogP contribution in [0.25, 0.3) is 0 Å². The van der Waals surface area contributed by atoms with Gasteiger partial charge in [-0.15, -0.1) is 0 Å². The summed E-state index contributed by atoms with van der Waals surface area (Å²) in [7, 11) is 0.618. The molecular formula is C15H22BrN5O2Si. The van der Waals surface area contributed by atoms with E-state index in [0.717, 1.165) is 6.04 Å². The van der Waals surface area contributed by atoms with E-state index in [1.165, 1.54) is 4.68 Å². The SMILES string of the molecule is Cn1ncc(C(O)c2cc(C#N)n(COCC[Si](C)(C)C)n2)c1Br. The summed E-state index contributed by atoms with van der Waals surface area (Å²) in [6, 6.07) is 4.71. The second-order valence-electron chi connectivity index (χ2n) is 6.83. The van der Waals surface area contributed by atoms with E-state index >= 15 is 0 Å². The molecule has 0 fully saturated rings. The van der Waals surface area contributed by atoms with Crippen LogP contribution in [0.2, 0.25) is 25.7 Å². The minimum Gasteiger partial charge on any atom is -0.382 e. The number of nitrogens with zero attached hydrogens (tertiary/aromatic N) is 5. The molecular weight excluding hydrogens is 390 g/mol. The van der Waals surface area contributed by atoms with Gasteiger partial charge in [0.15, 0.2) is 0 Å². The molecule has 1 atom stereocenters. The third-order valence-electron chi connectivity index (χ3n) is 3.59. The van der Waals surface area contributed by atoms with Crippen molar-refractivity contribution in [2.75, 3.05) is 6.61 Å². The Balaban J connectivity index is 2.09. The quantitative estimate of drug-likeness (QED) is 0.558. The Morgan fingerprint density at radius 3 is 2.71 bits per heavy atom. The van der Waals surface area contributed by atoms with Crippen LogP contribution in [0.5, 0.6) is 0 Å². The molecule has 0 aromatic carbocycles. The average molecular weight is 412 g/mol. The standard InChI is InChI=1S/C15H22BrN5O2Si/c1-20-15(16)12(9-18-20)14(22)13-7-11(8-17)21(19-13)10-23-5-6-24(2,3)4/h7,9,14,22H,5-6,10H2,1-4H3. The van der Waals surface area contributed by atoms with Gasteiger partial charge in [-0.05, 0) is 22.0 Å². The summed E-state index contributed by atoms with van der Waals surface area (Å²) in [6.45, 7) is 7.70. The van der Waals surface area contributed by atoms with E-state index in [2.05, 4.69) is 51.8 Å². The maximum absolute atomic E-state index is 10.5. The van der Waals surface area contributed by atoms with Crippen LogP contribution in [0.15, 0.2) is 16.9 Å². The number of hydrogen-bond donors (Lipinski definition) is 1. The highest BCUT2D eigenvalue weighted by Gasteiger charge is 2.21. The van der Waals surface area contributed by atoms with Crippen molar-refractivity contribution in [2.24, 2.45) is 7.05 Å². The fourth-order valence-electron chi connectivity index (χ4n) is 2.07. The highest BCUT2D eigenvalue weighted by atomic mass is 79.9. The smallest absolute Gasteiger partial charge is 0.141 e. The zero-order chi connectivity index (χ0) is 17.9. The van der Waals surface area contributed by atoms with Crippen LogP contribution < -0.4 is 0 Å². The fraction of sp³-hybridized carbons (Fsp3) is 0.533. The summed E-state index contributed by atoms with van der Waals surface area (Å²) in [4.78, 5) is 0. The van der Waals surface area contributed by atoms with Gasteiger partial charge in [0.25, 0.3) is 0 Å². The number of aliphatic hydroxyl groups excluding tert-OH is 1. The number of rotatable bonds is 7. The lowest BCUT2D eigenvalue weighted by atomic mass is 10.1. The Bertz CT molecular complexity index is 744. The predicted octanol–water partition coefficient (Wildman–Crippen LogP) is 2.64. The predicted molar refractivity (Wildman–Crippen MR) is 96.0 cm³/mol. The first-order valence-corrected chi connectivity index (χ1v) is 12.1. The number of hydrogen-bond acceptors (Lipinski definition) is 5. The van der Waals surface area contributed by atoms with E-state index < -0.39 is 14.2 Å². The second kappa shape index (κ2) is 7.61. The topological polar surface area (TPSA) is 88.9 Å². The number of halogens is 1. The maximum Gasteiger partial charge on any atom is 0.141 e. The average Bonchev–Trinajstić information content (AvgIpc) is 3.07. The molecule has 0 radical (unpaired) electrons. The molecule has 9 heteroatoms. The van der Waals surface area contributed by atoms with Crippen LogP contribution in [0, 0.1) is 11.3 Å². The molecule has 0 aliphatic heterocycles. The van der Waals surface area contributed by atoms with E-state index in [1.807, 2.05) is 0 Å². The van der Waals surface area contributed by atoms with Crippen LogP contribution in [0.1, 0.15) is 23.1 Å². The summed E-state index contributed by atoms with van der Waals surface area (Å²) >= 11 is 3.38. The molecule has 24 heavy (non-hydrogen) atoms. The van der Waals surface area contributed by atoms with Gasteiger partial charge in [-0.3, -0.25) is 4.68 Å². The van der Waals surface area contributed by atoms with Gasteiger partial charge in [0.2, 0.25) is 0 Å². The number of aromatic nitrogens is 4. The number of ether oxygens (including phenoxy) is 1. The van der Waals surface area contributed by atoms with Gasteiger partial charge in [0.1, 0.15) is 29.2 Å². The Kier molecular flexibility index (Phi) is 5.98. The highest BCUT2D eigenvalue weighted by molar-refractivity contribution is 9.10. The molecule has 0 spiro atoms. The lowest BCUT2D eigenvalue weighted by Crippen LogP contribution is -2.22. The van der Waals surface area contributed by atoms with Gasteiger partial charge in [-0.2, -0.15) is 15.5 Å². The van der Waals surface area contributed by atoms with E-state index in [9.17, 15) is 10.4 Å². The molecule has 2 rings (SSSR count). The second-order valence-corrected chi connectivity index (χ2v) is 13.2. The molecule has 0 bridgehead atoms. The van der Waals surface area contributed by atoms with Crippen molar-refractivity contribution in [1.29, 1.82) is 5.26 Å². The minimum absolute atomic E-state index is 0.203.